The molecule has 0 amide bonds. The highest BCUT2D eigenvalue weighted by molar-refractivity contribution is 7.10. The summed E-state index contributed by atoms with van der Waals surface area (Å²) in [6.45, 7) is 11.1. The molecule has 1 aromatic rings. The average Bonchev–Trinajstić information content (AvgIpc) is 2.70. The van der Waals surface area contributed by atoms with Gasteiger partial charge in [0.25, 0.3) is 0 Å². The van der Waals surface area contributed by atoms with Crippen LogP contribution < -0.4 is 0 Å². The summed E-state index contributed by atoms with van der Waals surface area (Å²) in [5.41, 5.74) is 1.58. The van der Waals surface area contributed by atoms with E-state index < -0.39 is 5.60 Å². The van der Waals surface area contributed by atoms with Gasteiger partial charge in [0, 0.05) is 23.3 Å². The van der Waals surface area contributed by atoms with Gasteiger partial charge in [0.2, 0.25) is 0 Å². The molecule has 0 fully saturated rings. The highest BCUT2D eigenvalue weighted by Crippen LogP contribution is 2.30. The van der Waals surface area contributed by atoms with E-state index in [4.69, 9.17) is 4.74 Å². The number of hydrogen-bond donors (Lipinski definition) is 0. The molecular formula is C15H23NO2S. The van der Waals surface area contributed by atoms with Crippen molar-refractivity contribution in [2.75, 3.05) is 13.1 Å². The van der Waals surface area contributed by atoms with Crippen molar-refractivity contribution in [1.29, 1.82) is 0 Å². The molecule has 1 aliphatic rings. The van der Waals surface area contributed by atoms with Gasteiger partial charge in [0.1, 0.15) is 5.60 Å². The quantitative estimate of drug-likeness (QED) is 0.795. The fraction of sp³-hybridized carbons (Fsp3) is 0.667. The number of nitrogens with zero attached hydrogens (tertiary/aromatic N) is 1. The molecular weight excluding hydrogens is 258 g/mol. The number of thiophene rings is 1. The van der Waals surface area contributed by atoms with E-state index in [1.807, 2.05) is 26.2 Å². The van der Waals surface area contributed by atoms with Crippen LogP contribution in [0.4, 0.5) is 0 Å². The smallest absolute Gasteiger partial charge is 0.339 e. The van der Waals surface area contributed by atoms with Gasteiger partial charge >= 0.3 is 5.97 Å². The van der Waals surface area contributed by atoms with Crippen LogP contribution in [0, 0.1) is 0 Å². The first-order valence-electron chi connectivity index (χ1n) is 6.95. The van der Waals surface area contributed by atoms with Gasteiger partial charge in [-0.3, -0.25) is 4.90 Å². The molecule has 0 unspecified atom stereocenters. The second-order valence-electron chi connectivity index (χ2n) is 6.08. The van der Waals surface area contributed by atoms with Crippen LogP contribution in [0.1, 0.15) is 54.9 Å². The fourth-order valence-electron chi connectivity index (χ4n) is 2.39. The molecule has 2 heterocycles. The van der Waals surface area contributed by atoms with Crippen LogP contribution in [0.3, 0.4) is 0 Å². The lowest BCUT2D eigenvalue weighted by Gasteiger charge is -2.27. The summed E-state index contributed by atoms with van der Waals surface area (Å²) in [7, 11) is 0. The van der Waals surface area contributed by atoms with E-state index in [0.717, 1.165) is 31.6 Å². The lowest BCUT2D eigenvalue weighted by molar-refractivity contribution is 0.00684. The van der Waals surface area contributed by atoms with E-state index in [1.165, 1.54) is 16.9 Å². The topological polar surface area (TPSA) is 29.5 Å². The maximum absolute atomic E-state index is 12.2. The van der Waals surface area contributed by atoms with Crippen molar-refractivity contribution in [3.63, 3.8) is 0 Å². The van der Waals surface area contributed by atoms with Crippen molar-refractivity contribution in [1.82, 2.24) is 4.90 Å². The van der Waals surface area contributed by atoms with Crippen LogP contribution >= 0.6 is 11.3 Å². The van der Waals surface area contributed by atoms with E-state index in [1.54, 1.807) is 11.3 Å². The number of fused-ring (bicyclic) bond motifs is 1. The van der Waals surface area contributed by atoms with Gasteiger partial charge in [0.05, 0.1) is 5.56 Å². The molecule has 0 saturated heterocycles. The summed E-state index contributed by atoms with van der Waals surface area (Å²) >= 11 is 1.69. The lowest BCUT2D eigenvalue weighted by Crippen LogP contribution is -2.31. The van der Waals surface area contributed by atoms with Gasteiger partial charge in [-0.15, -0.1) is 11.3 Å². The Morgan fingerprint density at radius 2 is 2.21 bits per heavy atom. The summed E-state index contributed by atoms with van der Waals surface area (Å²) in [6.07, 6.45) is 2.15. The summed E-state index contributed by atoms with van der Waals surface area (Å²) < 4.78 is 5.48. The SMILES string of the molecule is CCCN1CCc2c(C(=O)OC(C)(C)C)csc2C1. The predicted octanol–water partition coefficient (Wildman–Crippen LogP) is 3.47. The van der Waals surface area contributed by atoms with Gasteiger partial charge in [-0.05, 0) is 45.7 Å². The Hall–Kier alpha value is -0.870. The van der Waals surface area contributed by atoms with Crippen LogP contribution in [0.2, 0.25) is 0 Å². The molecule has 0 radical (unpaired) electrons. The van der Waals surface area contributed by atoms with Crippen molar-refractivity contribution in [3.05, 3.63) is 21.4 Å². The minimum Gasteiger partial charge on any atom is -0.456 e. The molecule has 0 spiro atoms. The maximum Gasteiger partial charge on any atom is 0.339 e. The molecule has 1 aliphatic heterocycles. The zero-order valence-electron chi connectivity index (χ0n) is 12.3. The van der Waals surface area contributed by atoms with Crippen molar-refractivity contribution in [2.24, 2.45) is 0 Å². The third-order valence-corrected chi connectivity index (χ3v) is 4.20. The normalized spacial score (nSPS) is 16.2. The molecule has 0 N–H and O–H groups in total. The molecule has 2 rings (SSSR count). The van der Waals surface area contributed by atoms with Crippen LogP contribution in [0.5, 0.6) is 0 Å². The summed E-state index contributed by atoms with van der Waals surface area (Å²) in [6, 6.07) is 0. The largest absolute Gasteiger partial charge is 0.456 e. The van der Waals surface area contributed by atoms with Gasteiger partial charge < -0.3 is 4.74 Å². The number of carbonyl (C=O) groups is 1. The maximum atomic E-state index is 12.2. The number of rotatable bonds is 3. The first-order valence-corrected chi connectivity index (χ1v) is 7.83. The molecule has 106 valence electrons. The van der Waals surface area contributed by atoms with Crippen molar-refractivity contribution in [3.8, 4) is 0 Å². The molecule has 0 aliphatic carbocycles. The third kappa shape index (κ3) is 3.57. The Balaban J connectivity index is 2.12. The second-order valence-corrected chi connectivity index (χ2v) is 7.04. The van der Waals surface area contributed by atoms with Crippen LogP contribution in [-0.4, -0.2) is 29.6 Å². The molecule has 0 aromatic carbocycles. The summed E-state index contributed by atoms with van der Waals surface area (Å²) in [4.78, 5) is 16.0. The average molecular weight is 281 g/mol. The van der Waals surface area contributed by atoms with Gasteiger partial charge in [-0.25, -0.2) is 4.79 Å². The van der Waals surface area contributed by atoms with Crippen molar-refractivity contribution < 1.29 is 9.53 Å². The molecule has 0 atom stereocenters. The molecule has 0 saturated carbocycles. The summed E-state index contributed by atoms with van der Waals surface area (Å²) in [5.74, 6) is -0.172. The zero-order chi connectivity index (χ0) is 14.0. The highest BCUT2D eigenvalue weighted by Gasteiger charge is 2.26. The van der Waals surface area contributed by atoms with Crippen molar-refractivity contribution >= 4 is 17.3 Å². The van der Waals surface area contributed by atoms with E-state index in [9.17, 15) is 4.79 Å². The molecule has 19 heavy (non-hydrogen) atoms. The van der Waals surface area contributed by atoms with Gasteiger partial charge in [-0.2, -0.15) is 0 Å². The monoisotopic (exact) mass is 281 g/mol. The Morgan fingerprint density at radius 3 is 2.84 bits per heavy atom. The minimum atomic E-state index is -0.422. The Kier molecular flexibility index (Phi) is 4.31. The predicted molar refractivity (Wildman–Crippen MR) is 78.8 cm³/mol. The minimum absolute atomic E-state index is 0.172. The van der Waals surface area contributed by atoms with Crippen LogP contribution in [0.15, 0.2) is 5.38 Å². The molecule has 0 bridgehead atoms. The number of hydrogen-bond acceptors (Lipinski definition) is 4. The Bertz CT molecular complexity index is 459. The second kappa shape index (κ2) is 5.63. The Labute approximate surface area is 119 Å². The molecule has 4 heteroatoms. The van der Waals surface area contributed by atoms with Crippen molar-refractivity contribution in [2.45, 2.75) is 52.7 Å². The first-order chi connectivity index (χ1) is 8.90. The highest BCUT2D eigenvalue weighted by atomic mass is 32.1. The third-order valence-electron chi connectivity index (χ3n) is 3.18. The van der Waals surface area contributed by atoms with E-state index >= 15 is 0 Å². The first kappa shape index (κ1) is 14.5. The van der Waals surface area contributed by atoms with E-state index in [0.29, 0.717) is 0 Å². The number of esters is 1. The van der Waals surface area contributed by atoms with Crippen LogP contribution in [0.25, 0.3) is 0 Å². The zero-order valence-corrected chi connectivity index (χ0v) is 13.1. The molecule has 3 nitrogen and oxygen atoms in total. The summed E-state index contributed by atoms with van der Waals surface area (Å²) in [5, 5.41) is 1.97. The van der Waals surface area contributed by atoms with Crippen LogP contribution in [-0.2, 0) is 17.7 Å². The Morgan fingerprint density at radius 1 is 1.47 bits per heavy atom. The molecule has 1 aromatic heterocycles. The standard InChI is InChI=1S/C15H23NO2S/c1-5-7-16-8-6-11-12(10-19-13(11)9-16)14(17)18-15(2,3)4/h10H,5-9H2,1-4H3. The number of ether oxygens (including phenoxy) is 1. The fourth-order valence-corrected chi connectivity index (χ4v) is 3.50. The van der Waals surface area contributed by atoms with Gasteiger partial charge in [-0.1, -0.05) is 6.92 Å². The lowest BCUT2D eigenvalue weighted by atomic mass is 10.0. The van der Waals surface area contributed by atoms with E-state index in [2.05, 4.69) is 11.8 Å². The number of carbonyl (C=O) groups excluding carboxylic acids is 1. The van der Waals surface area contributed by atoms with E-state index in [-0.39, 0.29) is 5.97 Å². The van der Waals surface area contributed by atoms with Gasteiger partial charge in [0.15, 0.2) is 0 Å².